The number of aliphatic hydroxyl groups is 2. The maximum atomic E-state index is 13.2. The van der Waals surface area contributed by atoms with E-state index in [0.717, 1.165) is 14.7 Å². The molecule has 0 bridgehead atoms. The highest BCUT2D eigenvalue weighted by Crippen LogP contribution is 2.44. The lowest BCUT2D eigenvalue weighted by Crippen LogP contribution is -2.44. The van der Waals surface area contributed by atoms with Crippen molar-refractivity contribution >= 4 is 28.5 Å². The number of aliphatic hydroxyl groups excluding tert-OH is 2. The van der Waals surface area contributed by atoms with E-state index in [4.69, 9.17) is 0 Å². The molecule has 0 aliphatic carbocycles. The van der Waals surface area contributed by atoms with Gasteiger partial charge in [-0.2, -0.15) is 0 Å². The van der Waals surface area contributed by atoms with Crippen LogP contribution in [0.4, 0.5) is 0 Å². The molecule has 1 aliphatic rings. The summed E-state index contributed by atoms with van der Waals surface area (Å²) in [5.74, 6) is -0.133. The van der Waals surface area contributed by atoms with Gasteiger partial charge in [0.15, 0.2) is 6.23 Å². The molecule has 0 fully saturated rings. The van der Waals surface area contributed by atoms with E-state index in [9.17, 15) is 15.0 Å². The Morgan fingerprint density at radius 2 is 1.77 bits per heavy atom. The van der Waals surface area contributed by atoms with Crippen molar-refractivity contribution < 1.29 is 15.0 Å². The molecule has 2 unspecified atom stereocenters. The molecule has 26 heavy (non-hydrogen) atoms. The maximum absolute atomic E-state index is 13.2. The van der Waals surface area contributed by atoms with E-state index in [1.54, 1.807) is 6.07 Å². The van der Waals surface area contributed by atoms with Gasteiger partial charge in [-0.3, -0.25) is 9.69 Å². The van der Waals surface area contributed by atoms with E-state index in [0.29, 0.717) is 11.1 Å². The van der Waals surface area contributed by atoms with Crippen LogP contribution in [0.1, 0.15) is 67.1 Å². The van der Waals surface area contributed by atoms with Crippen molar-refractivity contribution in [1.29, 1.82) is 0 Å². The van der Waals surface area contributed by atoms with Crippen molar-refractivity contribution in [3.8, 4) is 0 Å². The molecule has 0 spiro atoms. The predicted octanol–water partition coefficient (Wildman–Crippen LogP) is 4.36. The van der Waals surface area contributed by atoms with Crippen molar-refractivity contribution in [2.24, 2.45) is 5.92 Å². The first-order chi connectivity index (χ1) is 12.2. The number of nitrogens with zero attached hydrogens (tertiary/aromatic N) is 1. The molecule has 1 heterocycles. The van der Waals surface area contributed by atoms with E-state index in [1.165, 1.54) is 4.90 Å². The first-order valence-electron chi connectivity index (χ1n) is 8.75. The monoisotopic (exact) mass is 465 g/mol. The topological polar surface area (TPSA) is 60.8 Å². The van der Waals surface area contributed by atoms with Crippen molar-refractivity contribution in [1.82, 2.24) is 4.90 Å². The highest BCUT2D eigenvalue weighted by molar-refractivity contribution is 14.1. The van der Waals surface area contributed by atoms with Crippen LogP contribution in [-0.2, 0) is 5.54 Å². The maximum Gasteiger partial charge on any atom is 0.258 e. The fraction of sp³-hybridized carbons (Fsp3) is 0.381. The van der Waals surface area contributed by atoms with Crippen molar-refractivity contribution in [3.63, 3.8) is 0 Å². The Bertz CT molecular complexity index is 833. The first-order valence-corrected chi connectivity index (χ1v) is 9.82. The molecule has 2 aromatic carbocycles. The van der Waals surface area contributed by atoms with Gasteiger partial charge in [0, 0.05) is 9.13 Å². The van der Waals surface area contributed by atoms with Gasteiger partial charge in [-0.15, -0.1) is 0 Å². The lowest BCUT2D eigenvalue weighted by Gasteiger charge is -2.38. The third-order valence-corrected chi connectivity index (χ3v) is 6.00. The van der Waals surface area contributed by atoms with Gasteiger partial charge in [0.1, 0.15) is 0 Å². The highest BCUT2D eigenvalue weighted by atomic mass is 127. The molecule has 0 saturated carbocycles. The highest BCUT2D eigenvalue weighted by Gasteiger charge is 2.45. The molecule has 2 atom stereocenters. The molecule has 3 rings (SSSR count). The molecule has 5 heteroatoms. The Balaban J connectivity index is 2.08. The quantitative estimate of drug-likeness (QED) is 0.660. The summed E-state index contributed by atoms with van der Waals surface area (Å²) in [5.41, 5.74) is 2.12. The van der Waals surface area contributed by atoms with Crippen molar-refractivity contribution in [2.75, 3.05) is 0 Å². The van der Waals surface area contributed by atoms with E-state index in [2.05, 4.69) is 22.6 Å². The minimum atomic E-state index is -1.04. The number of hydrogen-bond acceptors (Lipinski definition) is 3. The van der Waals surface area contributed by atoms with Crippen LogP contribution >= 0.6 is 22.6 Å². The van der Waals surface area contributed by atoms with Gasteiger partial charge in [0.25, 0.3) is 5.91 Å². The fourth-order valence-electron chi connectivity index (χ4n) is 3.55. The number of rotatable bonds is 4. The summed E-state index contributed by atoms with van der Waals surface area (Å²) in [6.07, 6.45) is -1.67. The molecule has 2 aromatic rings. The van der Waals surface area contributed by atoms with Crippen LogP contribution in [0.25, 0.3) is 0 Å². The summed E-state index contributed by atoms with van der Waals surface area (Å²) in [7, 11) is 0. The molecule has 0 aromatic heterocycles. The van der Waals surface area contributed by atoms with Gasteiger partial charge >= 0.3 is 0 Å². The second kappa shape index (κ2) is 6.94. The van der Waals surface area contributed by atoms with E-state index >= 15 is 0 Å². The van der Waals surface area contributed by atoms with Gasteiger partial charge in [-0.25, -0.2) is 0 Å². The Hall–Kier alpha value is -1.44. The molecule has 1 aliphatic heterocycles. The number of carbonyl (C=O) groups is 1. The average molecular weight is 465 g/mol. The molecular formula is C21H24INO3. The van der Waals surface area contributed by atoms with Crippen molar-refractivity contribution in [3.05, 3.63) is 68.3 Å². The Kier molecular flexibility index (Phi) is 5.16. The van der Waals surface area contributed by atoms with Crippen LogP contribution in [0, 0.1) is 9.49 Å². The normalized spacial score (nSPS) is 18.4. The molecule has 2 N–H and O–H groups in total. The standard InChI is InChI=1S/C21H24INO3/c1-12(2)18(24)13-10-15-17(16(22)11-13)20(26)23(19(15)25)21(3,4)14-8-6-5-7-9-14/h5-12,18-19,24-25H,1-4H3. The summed E-state index contributed by atoms with van der Waals surface area (Å²) in [6.45, 7) is 7.76. The fourth-order valence-corrected chi connectivity index (χ4v) is 4.45. The van der Waals surface area contributed by atoms with Gasteiger partial charge < -0.3 is 10.2 Å². The third-order valence-electron chi connectivity index (χ3n) is 5.15. The van der Waals surface area contributed by atoms with Crippen molar-refractivity contribution in [2.45, 2.75) is 45.6 Å². The van der Waals surface area contributed by atoms with Gasteiger partial charge in [-0.1, -0.05) is 44.2 Å². The van der Waals surface area contributed by atoms with Gasteiger partial charge in [0.2, 0.25) is 0 Å². The Morgan fingerprint density at radius 3 is 2.35 bits per heavy atom. The number of benzene rings is 2. The zero-order valence-corrected chi connectivity index (χ0v) is 17.6. The van der Waals surface area contributed by atoms with Crippen LogP contribution in [0.2, 0.25) is 0 Å². The number of carbonyl (C=O) groups excluding carboxylic acids is 1. The molecule has 0 saturated heterocycles. The van der Waals surface area contributed by atoms with Crippen LogP contribution in [0.15, 0.2) is 42.5 Å². The second-order valence-electron chi connectivity index (χ2n) is 7.63. The first kappa shape index (κ1) is 19.3. The number of halogens is 1. The number of fused-ring (bicyclic) bond motifs is 1. The molecule has 0 radical (unpaired) electrons. The zero-order valence-electron chi connectivity index (χ0n) is 15.4. The lowest BCUT2D eigenvalue weighted by molar-refractivity contribution is -0.0305. The van der Waals surface area contributed by atoms with Crippen LogP contribution in [-0.4, -0.2) is 21.0 Å². The summed E-state index contributed by atoms with van der Waals surface area (Å²) >= 11 is 2.12. The minimum Gasteiger partial charge on any atom is -0.388 e. The van der Waals surface area contributed by atoms with Gasteiger partial charge in [0.05, 0.1) is 17.2 Å². The van der Waals surface area contributed by atoms with Crippen LogP contribution in [0.3, 0.4) is 0 Å². The molecule has 4 nitrogen and oxygen atoms in total. The summed E-state index contributed by atoms with van der Waals surface area (Å²) in [6, 6.07) is 13.3. The van der Waals surface area contributed by atoms with E-state index in [-0.39, 0.29) is 11.8 Å². The van der Waals surface area contributed by atoms with E-state index in [1.807, 2.05) is 64.1 Å². The number of amides is 1. The molecular weight excluding hydrogens is 441 g/mol. The van der Waals surface area contributed by atoms with Gasteiger partial charge in [-0.05, 0) is 65.6 Å². The second-order valence-corrected chi connectivity index (χ2v) is 8.79. The van der Waals surface area contributed by atoms with Crippen LogP contribution in [0.5, 0.6) is 0 Å². The SMILES string of the molecule is CC(C)C(O)c1cc(I)c2c(c1)C(O)N(C(C)(C)c1ccccc1)C2=O. The lowest BCUT2D eigenvalue weighted by atomic mass is 9.92. The average Bonchev–Trinajstić information content (AvgIpc) is 2.86. The summed E-state index contributed by atoms with van der Waals surface area (Å²) in [4.78, 5) is 14.7. The predicted molar refractivity (Wildman–Crippen MR) is 110 cm³/mol. The zero-order chi connectivity index (χ0) is 19.2. The summed E-state index contributed by atoms with van der Waals surface area (Å²) < 4.78 is 0.755. The molecule has 1 amide bonds. The number of hydrogen-bond donors (Lipinski definition) is 2. The molecule has 138 valence electrons. The summed E-state index contributed by atoms with van der Waals surface area (Å²) in [5, 5.41) is 21.4. The van der Waals surface area contributed by atoms with E-state index < -0.39 is 17.9 Å². The Morgan fingerprint density at radius 1 is 1.15 bits per heavy atom. The smallest absolute Gasteiger partial charge is 0.258 e. The van der Waals surface area contributed by atoms with Crippen LogP contribution < -0.4 is 0 Å². The minimum absolute atomic E-state index is 0.0509. The largest absolute Gasteiger partial charge is 0.388 e. The third kappa shape index (κ3) is 3.06. The Labute approximate surface area is 168 Å².